The normalized spacial score (nSPS) is 9.00. The first-order valence-corrected chi connectivity index (χ1v) is 4.18. The van der Waals surface area contributed by atoms with E-state index in [1.165, 1.54) is 0 Å². The summed E-state index contributed by atoms with van der Waals surface area (Å²) in [6, 6.07) is 0. The molecule has 0 unspecified atom stereocenters. The molecule has 0 radical (unpaired) electrons. The average Bonchev–Trinajstić information content (AvgIpc) is 2.51. The van der Waals surface area contributed by atoms with E-state index < -0.39 is 0 Å². The maximum absolute atomic E-state index is 4.87. The Morgan fingerprint density at radius 3 is 2.58 bits per heavy atom. The summed E-state index contributed by atoms with van der Waals surface area (Å²) in [4.78, 5) is 0. The molecule has 1 rings (SSSR count). The lowest BCUT2D eigenvalue weighted by atomic mass is 10.5. The molecular weight excluding hydrogens is 154 g/mol. The lowest BCUT2D eigenvalue weighted by Crippen LogP contribution is -2.04. The summed E-state index contributed by atoms with van der Waals surface area (Å²) in [6.45, 7) is 7.37. The standard InChI is InChI=1S/C6H11N3O.C2H6/c1-6-5-9(8-7-6)3-4-10-2;1-2/h5H,3-4H2,1-2H3;1-2H3. The molecule has 0 spiro atoms. The molecule has 0 aliphatic carbocycles. The topological polar surface area (TPSA) is 39.9 Å². The Kier molecular flexibility index (Phi) is 6.28. The van der Waals surface area contributed by atoms with Gasteiger partial charge in [-0.1, -0.05) is 19.1 Å². The van der Waals surface area contributed by atoms with Crippen LogP contribution in [0, 0.1) is 6.92 Å². The number of aromatic nitrogens is 3. The molecule has 0 bridgehead atoms. The van der Waals surface area contributed by atoms with Crippen LogP contribution >= 0.6 is 0 Å². The molecular formula is C8H17N3O. The first-order chi connectivity index (χ1) is 5.83. The number of aryl methyl sites for hydroxylation is 1. The van der Waals surface area contributed by atoms with Gasteiger partial charge in [-0.2, -0.15) is 0 Å². The molecule has 0 fully saturated rings. The molecule has 1 aromatic heterocycles. The Bertz CT molecular complexity index is 198. The summed E-state index contributed by atoms with van der Waals surface area (Å²) in [5, 5.41) is 7.67. The lowest BCUT2D eigenvalue weighted by Gasteiger charge is -1.95. The maximum atomic E-state index is 4.87. The number of methoxy groups -OCH3 is 1. The van der Waals surface area contributed by atoms with Crippen molar-refractivity contribution in [3.63, 3.8) is 0 Å². The summed E-state index contributed by atoms with van der Waals surface area (Å²) >= 11 is 0. The van der Waals surface area contributed by atoms with Crippen LogP contribution < -0.4 is 0 Å². The first-order valence-electron chi connectivity index (χ1n) is 4.18. The molecule has 0 saturated heterocycles. The highest BCUT2D eigenvalue weighted by Crippen LogP contribution is 1.88. The summed E-state index contributed by atoms with van der Waals surface area (Å²) in [6.07, 6.45) is 1.89. The van der Waals surface area contributed by atoms with E-state index in [0.29, 0.717) is 6.61 Å². The zero-order chi connectivity index (χ0) is 9.40. The van der Waals surface area contributed by atoms with E-state index in [0.717, 1.165) is 12.2 Å². The highest BCUT2D eigenvalue weighted by molar-refractivity contribution is 4.86. The second-order valence-electron chi connectivity index (χ2n) is 2.12. The Hall–Kier alpha value is -0.900. The lowest BCUT2D eigenvalue weighted by molar-refractivity contribution is 0.183. The largest absolute Gasteiger partial charge is 0.383 e. The zero-order valence-electron chi connectivity index (χ0n) is 8.24. The van der Waals surface area contributed by atoms with Crippen LogP contribution in [0.1, 0.15) is 19.5 Å². The molecule has 1 aromatic rings. The molecule has 4 heteroatoms. The van der Waals surface area contributed by atoms with Gasteiger partial charge in [0.05, 0.1) is 18.8 Å². The van der Waals surface area contributed by atoms with Gasteiger partial charge in [0.25, 0.3) is 0 Å². The molecule has 70 valence electrons. The van der Waals surface area contributed by atoms with Crippen molar-refractivity contribution < 1.29 is 4.74 Å². The molecule has 4 nitrogen and oxygen atoms in total. The molecule has 0 atom stereocenters. The number of hydrogen-bond donors (Lipinski definition) is 0. The minimum atomic E-state index is 0.683. The molecule has 12 heavy (non-hydrogen) atoms. The van der Waals surface area contributed by atoms with Crippen molar-refractivity contribution in [1.29, 1.82) is 0 Å². The zero-order valence-corrected chi connectivity index (χ0v) is 8.24. The van der Waals surface area contributed by atoms with E-state index in [1.807, 2.05) is 27.0 Å². The van der Waals surface area contributed by atoms with Crippen LogP contribution in [0.3, 0.4) is 0 Å². The summed E-state index contributed by atoms with van der Waals surface area (Å²) in [5.74, 6) is 0. The van der Waals surface area contributed by atoms with Crippen molar-refractivity contribution in [1.82, 2.24) is 15.0 Å². The molecule has 0 aliphatic rings. The third kappa shape index (κ3) is 4.08. The smallest absolute Gasteiger partial charge is 0.0796 e. The summed E-state index contributed by atoms with van der Waals surface area (Å²) < 4.78 is 6.63. The fourth-order valence-corrected chi connectivity index (χ4v) is 0.689. The number of nitrogens with zero attached hydrogens (tertiary/aromatic N) is 3. The minimum Gasteiger partial charge on any atom is -0.383 e. The van der Waals surface area contributed by atoms with Gasteiger partial charge in [-0.3, -0.25) is 0 Å². The van der Waals surface area contributed by atoms with Crippen LogP contribution in [0.4, 0.5) is 0 Å². The predicted octanol–water partition coefficient (Wildman–Crippen LogP) is 1.26. The highest BCUT2D eigenvalue weighted by atomic mass is 16.5. The number of hydrogen-bond acceptors (Lipinski definition) is 3. The number of rotatable bonds is 3. The fraction of sp³-hybridized carbons (Fsp3) is 0.750. The first kappa shape index (κ1) is 11.1. The van der Waals surface area contributed by atoms with Crippen molar-refractivity contribution in [2.45, 2.75) is 27.3 Å². The molecule has 0 saturated carbocycles. The molecule has 0 amide bonds. The van der Waals surface area contributed by atoms with Crippen LogP contribution in [0.2, 0.25) is 0 Å². The Balaban J connectivity index is 0.000000561. The van der Waals surface area contributed by atoms with Crippen molar-refractivity contribution in [2.75, 3.05) is 13.7 Å². The second kappa shape index (κ2) is 6.79. The SMILES string of the molecule is CC.COCCn1cc(C)nn1. The molecule has 1 heterocycles. The van der Waals surface area contributed by atoms with E-state index in [2.05, 4.69) is 10.3 Å². The van der Waals surface area contributed by atoms with Gasteiger partial charge in [-0.05, 0) is 6.92 Å². The van der Waals surface area contributed by atoms with E-state index in [9.17, 15) is 0 Å². The maximum Gasteiger partial charge on any atom is 0.0796 e. The van der Waals surface area contributed by atoms with Gasteiger partial charge in [-0.15, -0.1) is 5.10 Å². The fourth-order valence-electron chi connectivity index (χ4n) is 0.689. The van der Waals surface area contributed by atoms with Crippen molar-refractivity contribution in [3.05, 3.63) is 11.9 Å². The van der Waals surface area contributed by atoms with E-state index in [-0.39, 0.29) is 0 Å². The summed E-state index contributed by atoms with van der Waals surface area (Å²) in [5.41, 5.74) is 0.941. The van der Waals surface area contributed by atoms with Crippen LogP contribution in [0.15, 0.2) is 6.20 Å². The van der Waals surface area contributed by atoms with Gasteiger partial charge in [0, 0.05) is 13.3 Å². The highest BCUT2D eigenvalue weighted by Gasteiger charge is 1.92. The van der Waals surface area contributed by atoms with Gasteiger partial charge in [0.1, 0.15) is 0 Å². The van der Waals surface area contributed by atoms with Gasteiger partial charge >= 0.3 is 0 Å². The van der Waals surface area contributed by atoms with E-state index >= 15 is 0 Å². The van der Waals surface area contributed by atoms with Crippen LogP contribution in [0.25, 0.3) is 0 Å². The quantitative estimate of drug-likeness (QED) is 0.687. The summed E-state index contributed by atoms with van der Waals surface area (Å²) in [7, 11) is 1.67. The van der Waals surface area contributed by atoms with Crippen LogP contribution in [-0.2, 0) is 11.3 Å². The number of ether oxygens (including phenoxy) is 1. The van der Waals surface area contributed by atoms with Gasteiger partial charge in [-0.25, -0.2) is 4.68 Å². The monoisotopic (exact) mass is 171 g/mol. The van der Waals surface area contributed by atoms with Gasteiger partial charge in [0.2, 0.25) is 0 Å². The second-order valence-corrected chi connectivity index (χ2v) is 2.12. The average molecular weight is 171 g/mol. The minimum absolute atomic E-state index is 0.683. The Morgan fingerprint density at radius 1 is 1.50 bits per heavy atom. The van der Waals surface area contributed by atoms with Crippen molar-refractivity contribution >= 4 is 0 Å². The van der Waals surface area contributed by atoms with E-state index in [4.69, 9.17) is 4.74 Å². The van der Waals surface area contributed by atoms with Gasteiger partial charge in [0.15, 0.2) is 0 Å². The molecule has 0 aromatic carbocycles. The predicted molar refractivity (Wildman–Crippen MR) is 48.0 cm³/mol. The third-order valence-electron chi connectivity index (χ3n) is 1.18. The van der Waals surface area contributed by atoms with Gasteiger partial charge < -0.3 is 4.74 Å². The third-order valence-corrected chi connectivity index (χ3v) is 1.18. The Morgan fingerprint density at radius 2 is 2.17 bits per heavy atom. The molecule has 0 aliphatic heterocycles. The van der Waals surface area contributed by atoms with E-state index in [1.54, 1.807) is 11.8 Å². The van der Waals surface area contributed by atoms with Crippen molar-refractivity contribution in [2.24, 2.45) is 0 Å². The van der Waals surface area contributed by atoms with Crippen molar-refractivity contribution in [3.8, 4) is 0 Å². The van der Waals surface area contributed by atoms with Crippen LogP contribution in [0.5, 0.6) is 0 Å². The Labute approximate surface area is 73.5 Å². The van der Waals surface area contributed by atoms with Crippen LogP contribution in [-0.4, -0.2) is 28.7 Å². The molecule has 0 N–H and O–H groups in total.